The fourth-order valence-electron chi connectivity index (χ4n) is 1.04. The molecule has 0 aliphatic rings. The molecule has 2 aromatic heterocycles. The predicted molar refractivity (Wildman–Crippen MR) is 45.4 cm³/mol. The predicted octanol–water partition coefficient (Wildman–Crippen LogP) is -0.405. The first-order chi connectivity index (χ1) is 6.16. The molecule has 3 N–H and O–H groups in total. The van der Waals surface area contributed by atoms with Gasteiger partial charge >= 0.3 is 5.69 Å². The summed E-state index contributed by atoms with van der Waals surface area (Å²) in [6, 6.07) is 2.88. The molecular weight excluding hydrogens is 194 g/mol. The van der Waals surface area contributed by atoms with Crippen LogP contribution in [-0.4, -0.2) is 23.4 Å². The molecular formula is C6H5N3O3S. The maximum Gasteiger partial charge on any atom is 0.324 e. The molecule has 0 aromatic carbocycles. The van der Waals surface area contributed by atoms with Crippen LogP contribution >= 0.6 is 0 Å². The second kappa shape index (κ2) is 2.63. The van der Waals surface area contributed by atoms with E-state index in [-0.39, 0.29) is 10.3 Å². The van der Waals surface area contributed by atoms with E-state index in [1.165, 1.54) is 12.1 Å². The van der Waals surface area contributed by atoms with E-state index in [1.807, 2.05) is 0 Å². The van der Waals surface area contributed by atoms with E-state index in [4.69, 9.17) is 0 Å². The summed E-state index contributed by atoms with van der Waals surface area (Å²) in [5, 5.41) is 0. The van der Waals surface area contributed by atoms with Gasteiger partial charge in [-0.15, -0.1) is 0 Å². The van der Waals surface area contributed by atoms with Crippen LogP contribution in [-0.2, 0) is 10.3 Å². The highest BCUT2D eigenvalue weighted by Crippen LogP contribution is 2.00. The molecule has 0 aliphatic heterocycles. The fraction of sp³-hybridized carbons (Fsp3) is 0. The van der Waals surface area contributed by atoms with Gasteiger partial charge in [-0.05, 0) is 12.1 Å². The monoisotopic (exact) mass is 199 g/mol. The molecule has 13 heavy (non-hydrogen) atoms. The molecule has 0 saturated heterocycles. The quantitative estimate of drug-likeness (QED) is 0.503. The van der Waals surface area contributed by atoms with E-state index in [1.54, 1.807) is 0 Å². The van der Waals surface area contributed by atoms with Gasteiger partial charge in [0.05, 0.1) is 5.52 Å². The zero-order valence-corrected chi connectivity index (χ0v) is 7.10. The third-order valence-electron chi connectivity index (χ3n) is 1.59. The van der Waals surface area contributed by atoms with Crippen molar-refractivity contribution in [1.29, 1.82) is 0 Å². The minimum Gasteiger partial charge on any atom is -0.327 e. The second-order valence-electron chi connectivity index (χ2n) is 2.43. The molecule has 0 amide bonds. The average Bonchev–Trinajstić information content (AvgIpc) is 2.42. The first-order valence-corrected chi connectivity index (χ1v) is 4.48. The number of aromatic nitrogens is 3. The molecule has 2 rings (SSSR count). The van der Waals surface area contributed by atoms with Crippen molar-refractivity contribution >= 4 is 21.5 Å². The average molecular weight is 199 g/mol. The molecule has 0 spiro atoms. The number of nitrogens with one attached hydrogen (secondary N) is 3. The van der Waals surface area contributed by atoms with E-state index in [0.717, 1.165) is 0 Å². The van der Waals surface area contributed by atoms with Gasteiger partial charge in [-0.2, -0.15) is 8.42 Å². The molecule has 0 radical (unpaired) electrons. The SMILES string of the molecule is O=c1[nH]c2ccc(=S(=O)=O)[nH]c2[nH]1. The number of H-pyrrole nitrogens is 3. The number of pyridine rings is 1. The van der Waals surface area contributed by atoms with E-state index < -0.39 is 10.3 Å². The van der Waals surface area contributed by atoms with Crippen molar-refractivity contribution in [2.45, 2.75) is 0 Å². The Morgan fingerprint density at radius 2 is 1.85 bits per heavy atom. The van der Waals surface area contributed by atoms with Gasteiger partial charge in [-0.1, -0.05) is 0 Å². The molecule has 0 saturated carbocycles. The summed E-state index contributed by atoms with van der Waals surface area (Å²) in [5.74, 6) is 0. The summed E-state index contributed by atoms with van der Waals surface area (Å²) in [5.41, 5.74) is 0.533. The van der Waals surface area contributed by atoms with E-state index in [9.17, 15) is 13.2 Å². The summed E-state index contributed by atoms with van der Waals surface area (Å²) < 4.78 is 21.1. The van der Waals surface area contributed by atoms with Crippen LogP contribution in [0.1, 0.15) is 0 Å². The summed E-state index contributed by atoms with van der Waals surface area (Å²) in [6.45, 7) is 0. The number of aromatic amines is 3. The number of fused-ring (bicyclic) bond motifs is 1. The van der Waals surface area contributed by atoms with Gasteiger partial charge in [0.15, 0.2) is 4.64 Å². The van der Waals surface area contributed by atoms with E-state index in [0.29, 0.717) is 11.2 Å². The summed E-state index contributed by atoms with van der Waals surface area (Å²) in [4.78, 5) is 18.2. The fourth-order valence-corrected chi connectivity index (χ4v) is 1.41. The van der Waals surface area contributed by atoms with Gasteiger partial charge in [-0.25, -0.2) is 4.79 Å². The Balaban J connectivity index is 3.08. The van der Waals surface area contributed by atoms with E-state index >= 15 is 0 Å². The van der Waals surface area contributed by atoms with Gasteiger partial charge in [0.25, 0.3) is 0 Å². The van der Waals surface area contributed by atoms with Crippen molar-refractivity contribution in [1.82, 2.24) is 15.0 Å². The van der Waals surface area contributed by atoms with Gasteiger partial charge in [0.1, 0.15) is 5.65 Å². The lowest BCUT2D eigenvalue weighted by atomic mass is 10.4. The first kappa shape index (κ1) is 7.87. The van der Waals surface area contributed by atoms with Gasteiger partial charge in [0, 0.05) is 0 Å². The highest BCUT2D eigenvalue weighted by molar-refractivity contribution is 7.63. The van der Waals surface area contributed by atoms with Crippen LogP contribution in [0.4, 0.5) is 0 Å². The van der Waals surface area contributed by atoms with Gasteiger partial charge in [-0.3, -0.25) is 4.98 Å². The topological polar surface area (TPSA) is 98.6 Å². The number of hydrogen-bond donors (Lipinski definition) is 3. The van der Waals surface area contributed by atoms with Gasteiger partial charge < -0.3 is 9.97 Å². The smallest absolute Gasteiger partial charge is 0.324 e. The Hall–Kier alpha value is -1.76. The van der Waals surface area contributed by atoms with Crippen molar-refractivity contribution in [3.05, 3.63) is 27.3 Å². The minimum atomic E-state index is -2.32. The Bertz CT molecular complexity index is 665. The molecule has 7 heteroatoms. The summed E-state index contributed by atoms with van der Waals surface area (Å²) >= 11 is 0. The van der Waals surface area contributed by atoms with Crippen molar-refractivity contribution in [3.8, 4) is 0 Å². The van der Waals surface area contributed by atoms with Gasteiger partial charge in [0.2, 0.25) is 10.3 Å². The largest absolute Gasteiger partial charge is 0.327 e. The highest BCUT2D eigenvalue weighted by atomic mass is 32.2. The lowest BCUT2D eigenvalue weighted by Crippen LogP contribution is -1.99. The molecule has 6 nitrogen and oxygen atoms in total. The molecule has 0 unspecified atom stereocenters. The first-order valence-electron chi connectivity index (χ1n) is 3.40. The molecule has 0 bridgehead atoms. The van der Waals surface area contributed by atoms with Crippen LogP contribution in [0.25, 0.3) is 11.2 Å². The van der Waals surface area contributed by atoms with Crippen molar-refractivity contribution in [2.75, 3.05) is 0 Å². The minimum absolute atomic E-state index is 0.0303. The maximum atomic E-state index is 10.8. The third kappa shape index (κ3) is 1.29. The Morgan fingerprint density at radius 3 is 2.54 bits per heavy atom. The Labute approximate surface area is 72.8 Å². The normalized spacial score (nSPS) is 10.5. The molecule has 0 atom stereocenters. The highest BCUT2D eigenvalue weighted by Gasteiger charge is 1.96. The number of hydrogen-bond acceptors (Lipinski definition) is 3. The van der Waals surface area contributed by atoms with Crippen LogP contribution < -0.4 is 5.69 Å². The molecule has 0 aliphatic carbocycles. The summed E-state index contributed by atoms with van der Waals surface area (Å²) in [6.07, 6.45) is 0. The van der Waals surface area contributed by atoms with Crippen molar-refractivity contribution in [2.24, 2.45) is 0 Å². The van der Waals surface area contributed by atoms with Crippen LogP contribution in [0.2, 0.25) is 0 Å². The zero-order chi connectivity index (χ0) is 9.42. The zero-order valence-electron chi connectivity index (χ0n) is 6.29. The lowest BCUT2D eigenvalue weighted by molar-refractivity contribution is 0.624. The van der Waals surface area contributed by atoms with Crippen LogP contribution in [0.3, 0.4) is 0 Å². The van der Waals surface area contributed by atoms with Crippen molar-refractivity contribution in [3.63, 3.8) is 0 Å². The molecule has 68 valence electrons. The molecule has 2 aromatic rings. The summed E-state index contributed by atoms with van der Waals surface area (Å²) in [7, 11) is -2.32. The molecule has 2 heterocycles. The third-order valence-corrected chi connectivity index (χ3v) is 2.18. The van der Waals surface area contributed by atoms with Crippen LogP contribution in [0.15, 0.2) is 16.9 Å². The number of rotatable bonds is 0. The van der Waals surface area contributed by atoms with Crippen molar-refractivity contribution < 1.29 is 8.42 Å². The maximum absolute atomic E-state index is 10.8. The van der Waals surface area contributed by atoms with Crippen LogP contribution in [0.5, 0.6) is 0 Å². The van der Waals surface area contributed by atoms with E-state index in [2.05, 4.69) is 15.0 Å². The standard InChI is InChI=1S/C6H5N3O3S/c10-6-7-3-1-2-4(13(11)12)8-5(3)9-6/h1-2,8H,(H2,7,9,10). The Kier molecular flexibility index (Phi) is 1.59. The number of imidazole rings is 1. The Morgan fingerprint density at radius 1 is 1.08 bits per heavy atom. The second-order valence-corrected chi connectivity index (χ2v) is 3.33. The van der Waals surface area contributed by atoms with Crippen LogP contribution in [0, 0.1) is 4.64 Å². The molecule has 0 fully saturated rings. The lowest BCUT2D eigenvalue weighted by Gasteiger charge is -1.85.